The maximum absolute atomic E-state index is 13.1. The second-order valence-electron chi connectivity index (χ2n) is 4.38. The number of carbonyl (C=O) groups is 1. The molecule has 4 nitrogen and oxygen atoms in total. The zero-order valence-electron chi connectivity index (χ0n) is 9.86. The highest BCUT2D eigenvalue weighted by atomic mass is 19.3. The van der Waals surface area contributed by atoms with Crippen LogP contribution in [0.3, 0.4) is 0 Å². The number of carbonyl (C=O) groups excluding carboxylic acids is 1. The van der Waals surface area contributed by atoms with Gasteiger partial charge in [0.25, 0.3) is 5.56 Å². The Balaban J connectivity index is 2.36. The van der Waals surface area contributed by atoms with Crippen LogP contribution in [0.1, 0.15) is 35.7 Å². The van der Waals surface area contributed by atoms with Gasteiger partial charge < -0.3 is 9.30 Å². The minimum atomic E-state index is -2.73. The summed E-state index contributed by atoms with van der Waals surface area (Å²) < 4.78 is 31.9. The fourth-order valence-corrected chi connectivity index (χ4v) is 2.23. The van der Waals surface area contributed by atoms with E-state index in [-0.39, 0.29) is 24.8 Å². The predicted molar refractivity (Wildman–Crippen MR) is 59.9 cm³/mol. The molecule has 6 heteroatoms. The molecule has 0 N–H and O–H groups in total. The molecule has 0 spiro atoms. The molecule has 2 rings (SSSR count). The molecular weight excluding hydrogens is 244 g/mol. The van der Waals surface area contributed by atoms with Crippen LogP contribution in [0.15, 0.2) is 23.1 Å². The minimum Gasteiger partial charge on any atom is -0.465 e. The molecule has 0 bridgehead atoms. The van der Waals surface area contributed by atoms with Crippen LogP contribution < -0.4 is 5.56 Å². The maximum atomic E-state index is 13.1. The van der Waals surface area contributed by atoms with Crippen molar-refractivity contribution in [2.24, 2.45) is 0 Å². The fraction of sp³-hybridized carbons (Fsp3) is 0.500. The lowest BCUT2D eigenvalue weighted by Crippen LogP contribution is -2.29. The van der Waals surface area contributed by atoms with Gasteiger partial charge in [-0.15, -0.1) is 0 Å². The lowest BCUT2D eigenvalue weighted by molar-refractivity contribution is 0.00551. The number of aromatic nitrogens is 1. The lowest BCUT2D eigenvalue weighted by atomic mass is 10.2. The second-order valence-corrected chi connectivity index (χ2v) is 4.38. The van der Waals surface area contributed by atoms with Gasteiger partial charge in [-0.3, -0.25) is 4.79 Å². The van der Waals surface area contributed by atoms with Gasteiger partial charge in [-0.05, 0) is 18.6 Å². The average molecular weight is 257 g/mol. The van der Waals surface area contributed by atoms with E-state index in [1.165, 1.54) is 30.0 Å². The third kappa shape index (κ3) is 2.27. The average Bonchev–Trinajstić information content (AvgIpc) is 2.69. The van der Waals surface area contributed by atoms with Crippen molar-refractivity contribution in [3.05, 3.63) is 34.2 Å². The first-order chi connectivity index (χ1) is 8.44. The number of esters is 1. The van der Waals surface area contributed by atoms with Crippen molar-refractivity contribution in [3.63, 3.8) is 0 Å². The van der Waals surface area contributed by atoms with Crippen LogP contribution in [0.25, 0.3) is 0 Å². The highest BCUT2D eigenvalue weighted by molar-refractivity contribution is 5.88. The first-order valence-corrected chi connectivity index (χ1v) is 5.62. The van der Waals surface area contributed by atoms with Crippen LogP contribution in [0, 0.1) is 0 Å². The van der Waals surface area contributed by atoms with E-state index in [1.54, 1.807) is 0 Å². The van der Waals surface area contributed by atoms with Crippen molar-refractivity contribution < 1.29 is 18.3 Å². The maximum Gasteiger partial charge on any atom is 0.343 e. The summed E-state index contributed by atoms with van der Waals surface area (Å²) in [6.45, 7) is 0. The van der Waals surface area contributed by atoms with Gasteiger partial charge in [-0.25, -0.2) is 13.6 Å². The lowest BCUT2D eigenvalue weighted by Gasteiger charge is -2.14. The van der Waals surface area contributed by atoms with Crippen molar-refractivity contribution in [1.82, 2.24) is 4.57 Å². The molecule has 1 aliphatic rings. The molecule has 18 heavy (non-hydrogen) atoms. The summed E-state index contributed by atoms with van der Waals surface area (Å²) >= 11 is 0. The number of ether oxygens (including phenoxy) is 1. The fourth-order valence-electron chi connectivity index (χ4n) is 2.23. The molecular formula is C12H13F2NO3. The summed E-state index contributed by atoms with van der Waals surface area (Å²) in [5, 5.41) is 0. The predicted octanol–water partition coefficient (Wildman–Crippen LogP) is 2.00. The first kappa shape index (κ1) is 12.7. The Morgan fingerprint density at radius 1 is 1.56 bits per heavy atom. The second kappa shape index (κ2) is 4.51. The molecule has 0 radical (unpaired) electrons. The van der Waals surface area contributed by atoms with Gasteiger partial charge in [0, 0.05) is 25.1 Å². The molecule has 1 heterocycles. The largest absolute Gasteiger partial charge is 0.465 e. The smallest absolute Gasteiger partial charge is 0.343 e. The molecule has 1 aromatic heterocycles. The molecule has 0 aliphatic heterocycles. The van der Waals surface area contributed by atoms with Crippen molar-refractivity contribution in [1.29, 1.82) is 0 Å². The van der Waals surface area contributed by atoms with E-state index >= 15 is 0 Å². The molecule has 1 aliphatic carbocycles. The molecule has 1 unspecified atom stereocenters. The highest BCUT2D eigenvalue weighted by Crippen LogP contribution is 2.40. The van der Waals surface area contributed by atoms with E-state index in [1.807, 2.05) is 0 Å². The number of alkyl halides is 2. The Morgan fingerprint density at radius 3 is 2.83 bits per heavy atom. The molecule has 1 aromatic rings. The number of rotatable bonds is 2. The first-order valence-electron chi connectivity index (χ1n) is 5.62. The molecule has 1 atom stereocenters. The van der Waals surface area contributed by atoms with Crippen LogP contribution in [-0.2, 0) is 4.74 Å². The monoisotopic (exact) mass is 257 g/mol. The summed E-state index contributed by atoms with van der Waals surface area (Å²) in [6, 6.07) is 2.26. The Kier molecular flexibility index (Phi) is 3.19. The quantitative estimate of drug-likeness (QED) is 0.761. The molecule has 0 amide bonds. The topological polar surface area (TPSA) is 48.3 Å². The number of hydrogen-bond donors (Lipinski definition) is 0. The van der Waals surface area contributed by atoms with Gasteiger partial charge in [0.15, 0.2) is 0 Å². The van der Waals surface area contributed by atoms with Crippen LogP contribution in [0.5, 0.6) is 0 Å². The van der Waals surface area contributed by atoms with Crippen LogP contribution >= 0.6 is 0 Å². The molecule has 0 aromatic carbocycles. The van der Waals surface area contributed by atoms with E-state index in [4.69, 9.17) is 0 Å². The normalized spacial score (nSPS) is 21.8. The molecule has 1 fully saturated rings. The zero-order chi connectivity index (χ0) is 13.3. The molecule has 1 saturated carbocycles. The van der Waals surface area contributed by atoms with Gasteiger partial charge in [0.2, 0.25) is 5.92 Å². The van der Waals surface area contributed by atoms with Crippen molar-refractivity contribution >= 4 is 5.97 Å². The van der Waals surface area contributed by atoms with Gasteiger partial charge >= 0.3 is 5.97 Å². The van der Waals surface area contributed by atoms with Gasteiger partial charge in [0.1, 0.15) is 5.56 Å². The molecule has 98 valence electrons. The number of halogens is 2. The van der Waals surface area contributed by atoms with Crippen molar-refractivity contribution in [3.8, 4) is 0 Å². The van der Waals surface area contributed by atoms with E-state index in [9.17, 15) is 18.4 Å². The summed E-state index contributed by atoms with van der Waals surface area (Å²) in [7, 11) is 1.17. The zero-order valence-corrected chi connectivity index (χ0v) is 9.86. The number of pyridine rings is 1. The summed E-state index contributed by atoms with van der Waals surface area (Å²) in [5.41, 5.74) is -0.706. The third-order valence-corrected chi connectivity index (χ3v) is 3.15. The standard InChI is InChI=1S/C12H13F2NO3/c1-18-11(17)9-3-2-6-15(10(9)16)8-4-5-12(13,14)7-8/h2-3,6,8H,4-5,7H2,1H3. The van der Waals surface area contributed by atoms with E-state index < -0.39 is 23.5 Å². The molecule has 0 saturated heterocycles. The Hall–Kier alpha value is -1.72. The van der Waals surface area contributed by atoms with Crippen LogP contribution in [0.4, 0.5) is 8.78 Å². The SMILES string of the molecule is COC(=O)c1cccn(C2CCC(F)(F)C2)c1=O. The number of nitrogens with zero attached hydrogens (tertiary/aromatic N) is 1. The Labute approximate surface area is 102 Å². The van der Waals surface area contributed by atoms with Crippen molar-refractivity contribution in [2.75, 3.05) is 7.11 Å². The van der Waals surface area contributed by atoms with Crippen LogP contribution in [0.2, 0.25) is 0 Å². The van der Waals surface area contributed by atoms with Gasteiger partial charge in [0.05, 0.1) is 7.11 Å². The Bertz CT molecular complexity index is 524. The van der Waals surface area contributed by atoms with E-state index in [0.717, 1.165) is 0 Å². The summed E-state index contributed by atoms with van der Waals surface area (Å²) in [4.78, 5) is 23.3. The Morgan fingerprint density at radius 2 is 2.28 bits per heavy atom. The van der Waals surface area contributed by atoms with Crippen LogP contribution in [-0.4, -0.2) is 23.6 Å². The van der Waals surface area contributed by atoms with E-state index in [2.05, 4.69) is 4.74 Å². The third-order valence-electron chi connectivity index (χ3n) is 3.15. The van der Waals surface area contributed by atoms with Gasteiger partial charge in [-0.1, -0.05) is 0 Å². The van der Waals surface area contributed by atoms with Crippen molar-refractivity contribution in [2.45, 2.75) is 31.2 Å². The minimum absolute atomic E-state index is 0.129. The highest BCUT2D eigenvalue weighted by Gasteiger charge is 2.40. The summed E-state index contributed by atoms with van der Waals surface area (Å²) in [5.74, 6) is -3.48. The van der Waals surface area contributed by atoms with Gasteiger partial charge in [-0.2, -0.15) is 0 Å². The number of methoxy groups -OCH3 is 1. The number of hydrogen-bond acceptors (Lipinski definition) is 3. The summed E-state index contributed by atoms with van der Waals surface area (Å²) in [6.07, 6.45) is 1.07. The van der Waals surface area contributed by atoms with E-state index in [0.29, 0.717) is 0 Å².